The van der Waals surface area contributed by atoms with Gasteiger partial charge in [0.2, 0.25) is 0 Å². The van der Waals surface area contributed by atoms with E-state index in [0.717, 1.165) is 37.7 Å². The second-order valence-electron chi connectivity index (χ2n) is 5.59. The van der Waals surface area contributed by atoms with Crippen molar-refractivity contribution in [3.8, 4) is 0 Å². The van der Waals surface area contributed by atoms with Crippen LogP contribution in [0.15, 0.2) is 17.3 Å². The minimum Gasteiger partial charge on any atom is -0.354 e. The van der Waals surface area contributed by atoms with Crippen LogP contribution in [0.25, 0.3) is 0 Å². The fourth-order valence-corrected chi connectivity index (χ4v) is 2.41. The molecular weight excluding hydrogens is 276 g/mol. The van der Waals surface area contributed by atoms with Gasteiger partial charge in [-0.15, -0.1) is 0 Å². The van der Waals surface area contributed by atoms with Crippen molar-refractivity contribution in [3.63, 3.8) is 0 Å². The molecule has 2 N–H and O–H groups in total. The van der Waals surface area contributed by atoms with E-state index in [2.05, 4.69) is 46.4 Å². The standard InChI is InChI=1S/C16H32N6/c1-6-22(7-2)12-8-9-14(3)20-16(17-4)18-13-15-10-11-19-21(15)5/h10-11,14H,6-9,12-13H2,1-5H3,(H2,17,18,20). The molecule has 6 heteroatoms. The Kier molecular flexibility index (Phi) is 8.58. The molecule has 1 unspecified atom stereocenters. The zero-order valence-electron chi connectivity index (χ0n) is 14.8. The van der Waals surface area contributed by atoms with Gasteiger partial charge in [0.1, 0.15) is 0 Å². The van der Waals surface area contributed by atoms with Crippen molar-refractivity contribution >= 4 is 5.96 Å². The van der Waals surface area contributed by atoms with Gasteiger partial charge in [0.25, 0.3) is 0 Å². The number of hydrogen-bond donors (Lipinski definition) is 2. The van der Waals surface area contributed by atoms with Crippen molar-refractivity contribution in [1.29, 1.82) is 0 Å². The van der Waals surface area contributed by atoms with Crippen LogP contribution in [0.3, 0.4) is 0 Å². The summed E-state index contributed by atoms with van der Waals surface area (Å²) in [7, 11) is 3.75. The SMILES string of the molecule is CCN(CC)CCCC(C)NC(=NC)NCc1ccnn1C. The molecule has 0 aliphatic carbocycles. The van der Waals surface area contributed by atoms with Crippen LogP contribution in [0.4, 0.5) is 0 Å². The second-order valence-corrected chi connectivity index (χ2v) is 5.59. The summed E-state index contributed by atoms with van der Waals surface area (Å²) in [6, 6.07) is 2.42. The van der Waals surface area contributed by atoms with Gasteiger partial charge in [-0.2, -0.15) is 5.10 Å². The molecule has 0 bridgehead atoms. The van der Waals surface area contributed by atoms with Crippen molar-refractivity contribution in [2.45, 2.75) is 46.2 Å². The summed E-state index contributed by atoms with van der Waals surface area (Å²) in [4.78, 5) is 6.75. The smallest absolute Gasteiger partial charge is 0.191 e. The van der Waals surface area contributed by atoms with E-state index < -0.39 is 0 Å². The lowest BCUT2D eigenvalue weighted by Gasteiger charge is -2.21. The van der Waals surface area contributed by atoms with Crippen LogP contribution in [0.5, 0.6) is 0 Å². The average Bonchev–Trinajstić information content (AvgIpc) is 2.93. The van der Waals surface area contributed by atoms with Crippen molar-refractivity contribution in [1.82, 2.24) is 25.3 Å². The number of nitrogens with zero attached hydrogens (tertiary/aromatic N) is 4. The molecule has 0 saturated heterocycles. The molecule has 0 amide bonds. The Morgan fingerprint density at radius 1 is 1.41 bits per heavy atom. The molecule has 1 heterocycles. The van der Waals surface area contributed by atoms with Gasteiger partial charge in [0, 0.05) is 26.3 Å². The fraction of sp³-hybridized carbons (Fsp3) is 0.750. The minimum atomic E-state index is 0.410. The number of aliphatic imine (C=N–C) groups is 1. The van der Waals surface area contributed by atoms with Gasteiger partial charge in [-0.3, -0.25) is 9.67 Å². The largest absolute Gasteiger partial charge is 0.354 e. The first kappa shape index (κ1) is 18.5. The summed E-state index contributed by atoms with van der Waals surface area (Å²) < 4.78 is 1.87. The first-order valence-corrected chi connectivity index (χ1v) is 8.27. The van der Waals surface area contributed by atoms with Gasteiger partial charge in [-0.1, -0.05) is 13.8 Å². The van der Waals surface area contributed by atoms with Gasteiger partial charge in [0.05, 0.1) is 12.2 Å². The molecule has 0 aliphatic rings. The Morgan fingerprint density at radius 2 is 2.14 bits per heavy atom. The van der Waals surface area contributed by atoms with E-state index in [1.54, 1.807) is 7.05 Å². The monoisotopic (exact) mass is 308 g/mol. The predicted molar refractivity (Wildman–Crippen MR) is 93.0 cm³/mol. The molecular formula is C16H32N6. The van der Waals surface area contributed by atoms with E-state index in [9.17, 15) is 0 Å². The van der Waals surface area contributed by atoms with Gasteiger partial charge < -0.3 is 15.5 Å². The average molecular weight is 308 g/mol. The lowest BCUT2D eigenvalue weighted by Crippen LogP contribution is -2.42. The van der Waals surface area contributed by atoms with Crippen LogP contribution in [0.2, 0.25) is 0 Å². The van der Waals surface area contributed by atoms with Crippen LogP contribution in [0.1, 0.15) is 39.3 Å². The number of guanidine groups is 1. The molecule has 0 aromatic carbocycles. The maximum Gasteiger partial charge on any atom is 0.191 e. The Hall–Kier alpha value is -1.56. The molecule has 1 atom stereocenters. The van der Waals surface area contributed by atoms with Crippen molar-refractivity contribution in [3.05, 3.63) is 18.0 Å². The Bertz CT molecular complexity index is 436. The normalized spacial score (nSPS) is 13.5. The topological polar surface area (TPSA) is 57.5 Å². The number of aromatic nitrogens is 2. The Morgan fingerprint density at radius 3 is 2.68 bits per heavy atom. The van der Waals surface area contributed by atoms with Gasteiger partial charge in [-0.05, 0) is 45.5 Å². The summed E-state index contributed by atoms with van der Waals surface area (Å²) in [6.07, 6.45) is 4.15. The Balaban J connectivity index is 2.28. The van der Waals surface area contributed by atoms with Crippen LogP contribution >= 0.6 is 0 Å². The molecule has 22 heavy (non-hydrogen) atoms. The first-order chi connectivity index (χ1) is 10.6. The molecule has 1 rings (SSSR count). The Labute approximate surface area is 135 Å². The van der Waals surface area contributed by atoms with Crippen LogP contribution in [-0.2, 0) is 13.6 Å². The molecule has 126 valence electrons. The third-order valence-corrected chi connectivity index (χ3v) is 3.97. The number of rotatable bonds is 9. The molecule has 1 aromatic heterocycles. The molecule has 6 nitrogen and oxygen atoms in total. The highest BCUT2D eigenvalue weighted by molar-refractivity contribution is 5.79. The van der Waals surface area contributed by atoms with E-state index >= 15 is 0 Å². The second kappa shape index (κ2) is 10.2. The van der Waals surface area contributed by atoms with Crippen LogP contribution in [0, 0.1) is 0 Å². The third-order valence-electron chi connectivity index (χ3n) is 3.97. The molecule has 1 aromatic rings. The summed E-state index contributed by atoms with van der Waals surface area (Å²) in [5, 5.41) is 10.9. The quantitative estimate of drug-likeness (QED) is 0.537. The summed E-state index contributed by atoms with van der Waals surface area (Å²) in [5.74, 6) is 0.844. The first-order valence-electron chi connectivity index (χ1n) is 8.27. The summed E-state index contributed by atoms with van der Waals surface area (Å²) in [5.41, 5.74) is 1.14. The molecule has 0 aliphatic heterocycles. The van der Waals surface area contributed by atoms with Crippen molar-refractivity contribution in [2.75, 3.05) is 26.7 Å². The lowest BCUT2D eigenvalue weighted by atomic mass is 10.2. The highest BCUT2D eigenvalue weighted by Crippen LogP contribution is 2.00. The lowest BCUT2D eigenvalue weighted by molar-refractivity contribution is 0.292. The maximum absolute atomic E-state index is 4.29. The maximum atomic E-state index is 4.29. The van der Waals surface area contributed by atoms with Crippen LogP contribution < -0.4 is 10.6 Å². The number of aryl methyl sites for hydroxylation is 1. The highest BCUT2D eigenvalue weighted by Gasteiger charge is 2.07. The third kappa shape index (κ3) is 6.47. The number of nitrogens with one attached hydrogen (secondary N) is 2. The van der Waals surface area contributed by atoms with Crippen molar-refractivity contribution in [2.24, 2.45) is 12.0 Å². The van der Waals surface area contributed by atoms with E-state index in [1.165, 1.54) is 13.0 Å². The van der Waals surface area contributed by atoms with Gasteiger partial charge in [-0.25, -0.2) is 0 Å². The summed E-state index contributed by atoms with van der Waals surface area (Å²) >= 11 is 0. The van der Waals surface area contributed by atoms with Crippen molar-refractivity contribution < 1.29 is 0 Å². The minimum absolute atomic E-state index is 0.410. The zero-order chi connectivity index (χ0) is 16.4. The predicted octanol–water partition coefficient (Wildman–Crippen LogP) is 1.60. The van der Waals surface area contributed by atoms with E-state index in [0.29, 0.717) is 6.04 Å². The zero-order valence-corrected chi connectivity index (χ0v) is 14.8. The van der Waals surface area contributed by atoms with E-state index in [-0.39, 0.29) is 0 Å². The molecule has 0 saturated carbocycles. The molecule has 0 spiro atoms. The molecule has 0 radical (unpaired) electrons. The fourth-order valence-electron chi connectivity index (χ4n) is 2.41. The van der Waals surface area contributed by atoms with E-state index in [4.69, 9.17) is 0 Å². The number of hydrogen-bond acceptors (Lipinski definition) is 3. The van der Waals surface area contributed by atoms with Gasteiger partial charge >= 0.3 is 0 Å². The molecule has 0 fully saturated rings. The highest BCUT2D eigenvalue weighted by atomic mass is 15.3. The van der Waals surface area contributed by atoms with Gasteiger partial charge in [0.15, 0.2) is 5.96 Å². The summed E-state index contributed by atoms with van der Waals surface area (Å²) in [6.45, 7) is 10.8. The van der Waals surface area contributed by atoms with E-state index in [1.807, 2.05) is 24.0 Å². The van der Waals surface area contributed by atoms with Crippen LogP contribution in [-0.4, -0.2) is 53.4 Å².